The molecule has 2 rings (SSSR count). The minimum absolute atomic E-state index is 0.109. The Kier molecular flexibility index (Phi) is 4.11. The molecule has 2 aromatic rings. The third kappa shape index (κ3) is 2.46. The highest BCUT2D eigenvalue weighted by Gasteiger charge is 2.15. The van der Waals surface area contributed by atoms with Crippen molar-refractivity contribution in [3.8, 4) is 22.9 Å². The first-order chi connectivity index (χ1) is 9.12. The van der Waals surface area contributed by atoms with E-state index in [1.54, 1.807) is 14.2 Å². The van der Waals surface area contributed by atoms with Gasteiger partial charge in [-0.3, -0.25) is 0 Å². The van der Waals surface area contributed by atoms with Gasteiger partial charge in [-0.1, -0.05) is 0 Å². The number of rotatable bonds is 4. The van der Waals surface area contributed by atoms with E-state index in [0.29, 0.717) is 17.2 Å². The van der Waals surface area contributed by atoms with E-state index in [2.05, 4.69) is 20.9 Å². The highest BCUT2D eigenvalue weighted by atomic mass is 79.9. The molecule has 0 amide bonds. The molecule has 0 aliphatic rings. The van der Waals surface area contributed by atoms with Gasteiger partial charge < -0.3 is 19.1 Å². The maximum absolute atomic E-state index is 9.24. The van der Waals surface area contributed by atoms with E-state index in [0.717, 1.165) is 16.0 Å². The van der Waals surface area contributed by atoms with Crippen molar-refractivity contribution in [1.29, 1.82) is 0 Å². The van der Waals surface area contributed by atoms with E-state index in [-0.39, 0.29) is 6.61 Å². The number of halogens is 1. The number of methoxy groups -OCH3 is 2. The van der Waals surface area contributed by atoms with E-state index >= 15 is 0 Å². The first-order valence-electron chi connectivity index (χ1n) is 5.66. The van der Waals surface area contributed by atoms with Crippen molar-refractivity contribution >= 4 is 15.9 Å². The van der Waals surface area contributed by atoms with Crippen LogP contribution in [0, 0.1) is 0 Å². The normalized spacial score (nSPS) is 10.6. The molecule has 0 bridgehead atoms. The van der Waals surface area contributed by atoms with Crippen LogP contribution in [0.2, 0.25) is 0 Å². The summed E-state index contributed by atoms with van der Waals surface area (Å²) >= 11 is 3.41. The van der Waals surface area contributed by atoms with Gasteiger partial charge in [0.15, 0.2) is 11.5 Å². The lowest BCUT2D eigenvalue weighted by Gasteiger charge is -2.09. The Labute approximate surface area is 119 Å². The van der Waals surface area contributed by atoms with Crippen molar-refractivity contribution in [3.05, 3.63) is 28.5 Å². The third-order valence-electron chi connectivity index (χ3n) is 2.88. The van der Waals surface area contributed by atoms with Crippen LogP contribution in [0.25, 0.3) is 11.4 Å². The van der Waals surface area contributed by atoms with Gasteiger partial charge in [-0.15, -0.1) is 0 Å². The summed E-state index contributed by atoms with van der Waals surface area (Å²) in [7, 11) is 5.07. The number of imidazole rings is 1. The lowest BCUT2D eigenvalue weighted by molar-refractivity contribution is 0.276. The number of ether oxygens (including phenoxy) is 2. The van der Waals surface area contributed by atoms with Gasteiger partial charge >= 0.3 is 0 Å². The Balaban J connectivity index is 2.53. The summed E-state index contributed by atoms with van der Waals surface area (Å²) in [5.41, 5.74) is 1.49. The van der Waals surface area contributed by atoms with Gasteiger partial charge in [-0.05, 0) is 34.1 Å². The van der Waals surface area contributed by atoms with Crippen LogP contribution in [0.1, 0.15) is 5.69 Å². The van der Waals surface area contributed by atoms with Crippen molar-refractivity contribution < 1.29 is 14.6 Å². The lowest BCUT2D eigenvalue weighted by atomic mass is 10.2. The fourth-order valence-electron chi connectivity index (χ4n) is 1.87. The number of benzene rings is 1. The van der Waals surface area contributed by atoms with Gasteiger partial charge in [0.25, 0.3) is 0 Å². The molecule has 1 N–H and O–H groups in total. The maximum atomic E-state index is 9.24. The van der Waals surface area contributed by atoms with Crippen molar-refractivity contribution in [1.82, 2.24) is 9.55 Å². The molecule has 0 saturated carbocycles. The second kappa shape index (κ2) is 5.63. The quantitative estimate of drug-likeness (QED) is 0.937. The van der Waals surface area contributed by atoms with E-state index in [1.165, 1.54) is 0 Å². The molecule has 0 aliphatic carbocycles. The van der Waals surface area contributed by atoms with Crippen LogP contribution in [-0.2, 0) is 13.7 Å². The fraction of sp³-hybridized carbons (Fsp3) is 0.308. The molecule has 0 unspecified atom stereocenters. The Bertz CT molecular complexity index is 596. The standard InChI is InChI=1S/C13H15BrN2O3/c1-16-12(14)9(7-17)15-13(16)8-4-5-10(18-2)11(6-8)19-3/h4-6,17H,7H2,1-3H3. The monoisotopic (exact) mass is 326 g/mol. The second-order valence-corrected chi connectivity index (χ2v) is 4.71. The number of aromatic nitrogens is 2. The molecule has 0 atom stereocenters. The molecule has 1 heterocycles. The molecule has 1 aromatic heterocycles. The average molecular weight is 327 g/mol. The number of aliphatic hydroxyl groups excluding tert-OH is 1. The van der Waals surface area contributed by atoms with Crippen LogP contribution >= 0.6 is 15.9 Å². The minimum Gasteiger partial charge on any atom is -0.493 e. The molecule has 1 aromatic carbocycles. The number of hydrogen-bond acceptors (Lipinski definition) is 4. The lowest BCUT2D eigenvalue weighted by Crippen LogP contribution is -1.95. The first kappa shape index (κ1) is 13.9. The summed E-state index contributed by atoms with van der Waals surface area (Å²) in [5, 5.41) is 9.24. The zero-order valence-corrected chi connectivity index (χ0v) is 12.6. The van der Waals surface area contributed by atoms with Gasteiger partial charge in [0.1, 0.15) is 10.4 Å². The molecule has 0 saturated heterocycles. The molecule has 0 radical (unpaired) electrons. The molecule has 19 heavy (non-hydrogen) atoms. The van der Waals surface area contributed by atoms with Crippen LogP contribution in [0.3, 0.4) is 0 Å². The van der Waals surface area contributed by atoms with Crippen LogP contribution in [0.15, 0.2) is 22.8 Å². The van der Waals surface area contributed by atoms with Crippen molar-refractivity contribution in [2.75, 3.05) is 14.2 Å². The largest absolute Gasteiger partial charge is 0.493 e. The van der Waals surface area contributed by atoms with E-state index in [4.69, 9.17) is 9.47 Å². The van der Waals surface area contributed by atoms with Gasteiger partial charge in [0.2, 0.25) is 0 Å². The number of nitrogens with zero attached hydrogens (tertiary/aromatic N) is 2. The van der Waals surface area contributed by atoms with E-state index in [1.807, 2.05) is 29.8 Å². The predicted octanol–water partition coefficient (Wildman–Crippen LogP) is 2.36. The highest BCUT2D eigenvalue weighted by Crippen LogP contribution is 2.33. The zero-order valence-electron chi connectivity index (χ0n) is 11.0. The maximum Gasteiger partial charge on any atom is 0.161 e. The molecule has 0 fully saturated rings. The van der Waals surface area contributed by atoms with Crippen LogP contribution in [-0.4, -0.2) is 28.9 Å². The highest BCUT2D eigenvalue weighted by molar-refractivity contribution is 9.10. The zero-order chi connectivity index (χ0) is 14.0. The molecule has 5 nitrogen and oxygen atoms in total. The van der Waals surface area contributed by atoms with Gasteiger partial charge in [-0.25, -0.2) is 4.98 Å². The van der Waals surface area contributed by atoms with Gasteiger partial charge in [-0.2, -0.15) is 0 Å². The number of aliphatic hydroxyl groups is 1. The van der Waals surface area contributed by atoms with Gasteiger partial charge in [0.05, 0.1) is 26.5 Å². The number of hydrogen-bond donors (Lipinski definition) is 1. The first-order valence-corrected chi connectivity index (χ1v) is 6.46. The molecule has 6 heteroatoms. The molecule has 0 spiro atoms. The minimum atomic E-state index is -0.109. The molecule has 102 valence electrons. The van der Waals surface area contributed by atoms with Crippen molar-refractivity contribution in [2.24, 2.45) is 7.05 Å². The van der Waals surface area contributed by atoms with Crippen LogP contribution in [0.5, 0.6) is 11.5 Å². The van der Waals surface area contributed by atoms with Gasteiger partial charge in [0, 0.05) is 12.6 Å². The Morgan fingerprint density at radius 1 is 1.26 bits per heavy atom. The Morgan fingerprint density at radius 2 is 1.95 bits per heavy atom. The van der Waals surface area contributed by atoms with E-state index in [9.17, 15) is 5.11 Å². The summed E-state index contributed by atoms with van der Waals surface area (Å²) in [6.07, 6.45) is 0. The molecule has 0 aliphatic heterocycles. The summed E-state index contributed by atoms with van der Waals surface area (Å²) in [6, 6.07) is 5.58. The predicted molar refractivity (Wildman–Crippen MR) is 75.4 cm³/mol. The topological polar surface area (TPSA) is 56.5 Å². The molecular weight excluding hydrogens is 312 g/mol. The second-order valence-electron chi connectivity index (χ2n) is 3.96. The smallest absolute Gasteiger partial charge is 0.161 e. The van der Waals surface area contributed by atoms with E-state index < -0.39 is 0 Å². The summed E-state index contributed by atoms with van der Waals surface area (Å²) in [6.45, 7) is -0.109. The summed E-state index contributed by atoms with van der Waals surface area (Å²) in [4.78, 5) is 4.40. The van der Waals surface area contributed by atoms with Crippen molar-refractivity contribution in [2.45, 2.75) is 6.61 Å². The van der Waals surface area contributed by atoms with Crippen molar-refractivity contribution in [3.63, 3.8) is 0 Å². The SMILES string of the molecule is COc1ccc(-c2nc(CO)c(Br)n2C)cc1OC. The third-order valence-corrected chi connectivity index (χ3v) is 3.87. The average Bonchev–Trinajstić information content (AvgIpc) is 2.74. The fourth-order valence-corrected chi connectivity index (χ4v) is 2.25. The summed E-state index contributed by atoms with van der Waals surface area (Å²) in [5.74, 6) is 2.06. The van der Waals surface area contributed by atoms with Crippen LogP contribution < -0.4 is 9.47 Å². The summed E-state index contributed by atoms with van der Waals surface area (Å²) < 4.78 is 13.1. The van der Waals surface area contributed by atoms with Crippen LogP contribution in [0.4, 0.5) is 0 Å². The Morgan fingerprint density at radius 3 is 2.47 bits per heavy atom. The molecular formula is C13H15BrN2O3. The Hall–Kier alpha value is -1.53.